The van der Waals surface area contributed by atoms with Gasteiger partial charge >= 0.3 is 0 Å². The van der Waals surface area contributed by atoms with Gasteiger partial charge in [-0.1, -0.05) is 25.1 Å². The quantitative estimate of drug-likeness (QED) is 0.789. The fraction of sp³-hybridized carbons (Fsp3) is 0.333. The van der Waals surface area contributed by atoms with Crippen molar-refractivity contribution in [1.29, 1.82) is 0 Å². The van der Waals surface area contributed by atoms with Crippen LogP contribution in [0, 0.1) is 0 Å². The molecular weight excluding hydrogens is 202 g/mol. The van der Waals surface area contributed by atoms with Crippen LogP contribution in [0.4, 0.5) is 5.95 Å². The number of anilines is 1. The summed E-state index contributed by atoms with van der Waals surface area (Å²) < 4.78 is 5.22. The van der Waals surface area contributed by atoms with E-state index in [0.717, 1.165) is 18.5 Å². The average molecular weight is 217 g/mol. The molecule has 0 atom stereocenters. The summed E-state index contributed by atoms with van der Waals surface area (Å²) in [6, 6.07) is 9.78. The molecule has 0 aliphatic carbocycles. The van der Waals surface area contributed by atoms with Crippen molar-refractivity contribution in [1.82, 2.24) is 10.1 Å². The standard InChI is InChI=1S/C12H15N3O/c1-3-9-15(2)12-13-11(16-14-12)10-7-5-4-6-8-10/h4-8H,3,9H2,1-2H3. The maximum Gasteiger partial charge on any atom is 0.266 e. The first kappa shape index (κ1) is 10.7. The Morgan fingerprint density at radius 3 is 2.69 bits per heavy atom. The minimum atomic E-state index is 0.568. The summed E-state index contributed by atoms with van der Waals surface area (Å²) in [4.78, 5) is 6.33. The summed E-state index contributed by atoms with van der Waals surface area (Å²) in [6.07, 6.45) is 1.06. The van der Waals surface area contributed by atoms with Gasteiger partial charge in [0.25, 0.3) is 11.8 Å². The number of hydrogen-bond donors (Lipinski definition) is 0. The van der Waals surface area contributed by atoms with Crippen LogP contribution in [0.25, 0.3) is 11.5 Å². The van der Waals surface area contributed by atoms with Crippen molar-refractivity contribution in [3.63, 3.8) is 0 Å². The fourth-order valence-electron chi connectivity index (χ4n) is 1.50. The number of rotatable bonds is 4. The Morgan fingerprint density at radius 1 is 1.25 bits per heavy atom. The van der Waals surface area contributed by atoms with Crippen LogP contribution in [-0.4, -0.2) is 23.7 Å². The van der Waals surface area contributed by atoms with E-state index in [1.54, 1.807) is 0 Å². The monoisotopic (exact) mass is 217 g/mol. The van der Waals surface area contributed by atoms with Gasteiger partial charge in [0.1, 0.15) is 0 Å². The Balaban J connectivity index is 2.20. The molecule has 1 aromatic heterocycles. The predicted molar refractivity (Wildman–Crippen MR) is 63.3 cm³/mol. The molecular formula is C12H15N3O. The second kappa shape index (κ2) is 4.79. The Bertz CT molecular complexity index is 439. The summed E-state index contributed by atoms with van der Waals surface area (Å²) in [5.74, 6) is 1.21. The van der Waals surface area contributed by atoms with E-state index in [4.69, 9.17) is 4.52 Å². The Morgan fingerprint density at radius 2 is 2.00 bits per heavy atom. The van der Waals surface area contributed by atoms with Crippen molar-refractivity contribution < 1.29 is 4.52 Å². The van der Waals surface area contributed by atoms with Crippen molar-refractivity contribution >= 4 is 5.95 Å². The highest BCUT2D eigenvalue weighted by molar-refractivity contribution is 5.53. The van der Waals surface area contributed by atoms with E-state index in [9.17, 15) is 0 Å². The molecule has 1 aromatic carbocycles. The van der Waals surface area contributed by atoms with E-state index in [-0.39, 0.29) is 0 Å². The fourth-order valence-corrected chi connectivity index (χ4v) is 1.50. The highest BCUT2D eigenvalue weighted by Crippen LogP contribution is 2.19. The first-order valence-electron chi connectivity index (χ1n) is 5.41. The molecule has 0 N–H and O–H groups in total. The normalized spacial score (nSPS) is 10.4. The van der Waals surface area contributed by atoms with Gasteiger partial charge in [-0.25, -0.2) is 0 Å². The maximum absolute atomic E-state index is 5.22. The molecule has 4 nitrogen and oxygen atoms in total. The molecule has 0 radical (unpaired) electrons. The Kier molecular flexibility index (Phi) is 3.19. The zero-order valence-corrected chi connectivity index (χ0v) is 9.55. The van der Waals surface area contributed by atoms with Crippen LogP contribution in [0.5, 0.6) is 0 Å². The van der Waals surface area contributed by atoms with Crippen LogP contribution in [-0.2, 0) is 0 Å². The highest BCUT2D eigenvalue weighted by atomic mass is 16.5. The third-order valence-electron chi connectivity index (χ3n) is 2.34. The highest BCUT2D eigenvalue weighted by Gasteiger charge is 2.10. The lowest BCUT2D eigenvalue weighted by molar-refractivity contribution is 0.430. The molecule has 0 fully saturated rings. The molecule has 4 heteroatoms. The topological polar surface area (TPSA) is 42.2 Å². The van der Waals surface area contributed by atoms with Gasteiger partial charge in [-0.3, -0.25) is 0 Å². The third-order valence-corrected chi connectivity index (χ3v) is 2.34. The molecule has 84 valence electrons. The van der Waals surface area contributed by atoms with Crippen molar-refractivity contribution in [3.8, 4) is 11.5 Å². The van der Waals surface area contributed by atoms with Crippen LogP contribution < -0.4 is 4.90 Å². The SMILES string of the molecule is CCCN(C)c1noc(-c2ccccc2)n1. The Hall–Kier alpha value is -1.84. The van der Waals surface area contributed by atoms with Crippen LogP contribution in [0.2, 0.25) is 0 Å². The summed E-state index contributed by atoms with van der Waals surface area (Å²) in [7, 11) is 1.96. The summed E-state index contributed by atoms with van der Waals surface area (Å²) in [5.41, 5.74) is 0.950. The molecule has 0 saturated heterocycles. The number of hydrogen-bond acceptors (Lipinski definition) is 4. The second-order valence-corrected chi connectivity index (χ2v) is 3.69. The largest absolute Gasteiger partial charge is 0.341 e. The van der Waals surface area contributed by atoms with Gasteiger partial charge in [0.05, 0.1) is 0 Å². The smallest absolute Gasteiger partial charge is 0.266 e. The molecule has 0 aliphatic rings. The molecule has 0 amide bonds. The zero-order valence-electron chi connectivity index (χ0n) is 9.55. The first-order chi connectivity index (χ1) is 7.81. The van der Waals surface area contributed by atoms with Gasteiger partial charge in [0.15, 0.2) is 0 Å². The van der Waals surface area contributed by atoms with Crippen molar-refractivity contribution in [3.05, 3.63) is 30.3 Å². The first-order valence-corrected chi connectivity index (χ1v) is 5.41. The maximum atomic E-state index is 5.22. The zero-order chi connectivity index (χ0) is 11.4. The lowest BCUT2D eigenvalue weighted by atomic mass is 10.2. The van der Waals surface area contributed by atoms with Crippen LogP contribution in [0.1, 0.15) is 13.3 Å². The van der Waals surface area contributed by atoms with E-state index < -0.39 is 0 Å². The van der Waals surface area contributed by atoms with Gasteiger partial charge < -0.3 is 9.42 Å². The van der Waals surface area contributed by atoms with Crippen LogP contribution in [0.3, 0.4) is 0 Å². The van der Waals surface area contributed by atoms with Gasteiger partial charge in [-0.2, -0.15) is 4.98 Å². The third kappa shape index (κ3) is 2.21. The van der Waals surface area contributed by atoms with Crippen LogP contribution >= 0.6 is 0 Å². The predicted octanol–water partition coefficient (Wildman–Crippen LogP) is 2.58. The minimum absolute atomic E-state index is 0.568. The minimum Gasteiger partial charge on any atom is -0.341 e. The van der Waals surface area contributed by atoms with Gasteiger partial charge in [0.2, 0.25) is 0 Å². The van der Waals surface area contributed by atoms with E-state index in [1.165, 1.54) is 0 Å². The molecule has 2 aromatic rings. The van der Waals surface area contributed by atoms with Crippen molar-refractivity contribution in [2.75, 3.05) is 18.5 Å². The summed E-state index contributed by atoms with van der Waals surface area (Å²) in [5, 5.41) is 3.95. The van der Waals surface area contributed by atoms with Gasteiger partial charge in [-0.05, 0) is 23.7 Å². The number of nitrogens with zero attached hydrogens (tertiary/aromatic N) is 3. The average Bonchev–Trinajstić information content (AvgIpc) is 2.80. The van der Waals surface area contributed by atoms with Crippen molar-refractivity contribution in [2.45, 2.75) is 13.3 Å². The number of aromatic nitrogens is 2. The van der Waals surface area contributed by atoms with E-state index in [0.29, 0.717) is 11.8 Å². The molecule has 0 unspecified atom stereocenters. The number of benzene rings is 1. The van der Waals surface area contributed by atoms with Gasteiger partial charge in [0, 0.05) is 19.2 Å². The van der Waals surface area contributed by atoms with Crippen molar-refractivity contribution in [2.24, 2.45) is 0 Å². The molecule has 0 bridgehead atoms. The van der Waals surface area contributed by atoms with Crippen LogP contribution in [0.15, 0.2) is 34.9 Å². The lowest BCUT2D eigenvalue weighted by Crippen LogP contribution is -2.18. The molecule has 0 saturated carbocycles. The van der Waals surface area contributed by atoms with E-state index in [2.05, 4.69) is 17.1 Å². The molecule has 16 heavy (non-hydrogen) atoms. The molecule has 1 heterocycles. The second-order valence-electron chi connectivity index (χ2n) is 3.69. The molecule has 2 rings (SSSR count). The van der Waals surface area contributed by atoms with E-state index >= 15 is 0 Å². The Labute approximate surface area is 94.9 Å². The summed E-state index contributed by atoms with van der Waals surface area (Å²) in [6.45, 7) is 3.04. The molecule has 0 spiro atoms. The van der Waals surface area contributed by atoms with Gasteiger partial charge in [-0.15, -0.1) is 0 Å². The van der Waals surface area contributed by atoms with E-state index in [1.807, 2.05) is 42.3 Å². The molecule has 0 aliphatic heterocycles. The lowest BCUT2D eigenvalue weighted by Gasteiger charge is -2.11. The summed E-state index contributed by atoms with van der Waals surface area (Å²) >= 11 is 0.